The van der Waals surface area contributed by atoms with Gasteiger partial charge in [0.1, 0.15) is 0 Å². The van der Waals surface area contributed by atoms with Gasteiger partial charge in [0.2, 0.25) is 5.75 Å². The van der Waals surface area contributed by atoms with E-state index in [2.05, 4.69) is 33.5 Å². The van der Waals surface area contributed by atoms with Crippen molar-refractivity contribution in [1.82, 2.24) is 10.6 Å². The van der Waals surface area contributed by atoms with Crippen LogP contribution in [0.15, 0.2) is 28.5 Å². The van der Waals surface area contributed by atoms with Crippen molar-refractivity contribution in [1.29, 1.82) is 0 Å². The molecule has 0 saturated heterocycles. The second kappa shape index (κ2) is 10.3. The predicted octanol–water partition coefficient (Wildman–Crippen LogP) is 3.19. The molecule has 2 rings (SSSR count). The van der Waals surface area contributed by atoms with Gasteiger partial charge in [0, 0.05) is 28.4 Å². The van der Waals surface area contributed by atoms with Crippen molar-refractivity contribution < 1.29 is 23.7 Å². The summed E-state index contributed by atoms with van der Waals surface area (Å²) in [4.78, 5) is 12.4. The number of allylic oxidation sites excluding steroid dienone is 1. The fraction of sp³-hybridized carbons (Fsp3) is 0.450. The van der Waals surface area contributed by atoms with Crippen LogP contribution in [-0.2, 0) is 9.53 Å². The van der Waals surface area contributed by atoms with E-state index in [1.807, 2.05) is 12.3 Å². The summed E-state index contributed by atoms with van der Waals surface area (Å²) >= 11 is 3.59. The first kappa shape index (κ1) is 21.9. The van der Waals surface area contributed by atoms with E-state index in [-0.39, 0.29) is 5.97 Å². The standard InChI is InChI=1S/C20H27BrN2O5/c1-6-10-22-11-13-15(16(21)17(23-13)20(24)28-7-2)12-8-9-14(25-3)19(27-5)18(12)26-4/h8-9,11,17,22-23H,6-7,10H2,1-5H3. The molecule has 0 radical (unpaired) electrons. The second-order valence-corrected chi connectivity index (χ2v) is 6.80. The molecule has 2 N–H and O–H groups in total. The number of ether oxygens (including phenoxy) is 4. The van der Waals surface area contributed by atoms with Gasteiger partial charge in [0.25, 0.3) is 0 Å². The van der Waals surface area contributed by atoms with E-state index < -0.39 is 6.04 Å². The Morgan fingerprint density at radius 1 is 1.18 bits per heavy atom. The molecule has 0 aliphatic carbocycles. The van der Waals surface area contributed by atoms with Gasteiger partial charge in [-0.3, -0.25) is 0 Å². The molecule has 28 heavy (non-hydrogen) atoms. The first-order valence-electron chi connectivity index (χ1n) is 9.09. The predicted molar refractivity (Wildman–Crippen MR) is 112 cm³/mol. The van der Waals surface area contributed by atoms with E-state index in [0.29, 0.717) is 28.3 Å². The van der Waals surface area contributed by atoms with Gasteiger partial charge in [0.15, 0.2) is 17.5 Å². The fourth-order valence-electron chi connectivity index (χ4n) is 2.96. The van der Waals surface area contributed by atoms with E-state index in [4.69, 9.17) is 18.9 Å². The van der Waals surface area contributed by atoms with Crippen molar-refractivity contribution in [3.05, 3.63) is 34.1 Å². The number of carbonyl (C=O) groups is 1. The summed E-state index contributed by atoms with van der Waals surface area (Å²) in [6, 6.07) is 3.04. The van der Waals surface area contributed by atoms with Gasteiger partial charge in [-0.05, 0) is 25.5 Å². The molecule has 1 unspecified atom stereocenters. The molecule has 0 spiro atoms. The van der Waals surface area contributed by atoms with Crippen LogP contribution in [0.3, 0.4) is 0 Å². The molecule has 7 nitrogen and oxygen atoms in total. The van der Waals surface area contributed by atoms with E-state index >= 15 is 0 Å². The van der Waals surface area contributed by atoms with Crippen LogP contribution in [0, 0.1) is 0 Å². The van der Waals surface area contributed by atoms with Crippen LogP contribution in [0.1, 0.15) is 25.8 Å². The molecule has 1 heterocycles. The monoisotopic (exact) mass is 454 g/mol. The maximum absolute atomic E-state index is 12.4. The van der Waals surface area contributed by atoms with E-state index in [9.17, 15) is 4.79 Å². The summed E-state index contributed by atoms with van der Waals surface area (Å²) in [5, 5.41) is 6.47. The summed E-state index contributed by atoms with van der Waals surface area (Å²) in [7, 11) is 4.70. The van der Waals surface area contributed by atoms with Gasteiger partial charge in [-0.1, -0.05) is 22.9 Å². The number of hydrogen-bond donors (Lipinski definition) is 2. The zero-order chi connectivity index (χ0) is 20.7. The van der Waals surface area contributed by atoms with Crippen LogP contribution in [-0.4, -0.2) is 46.5 Å². The zero-order valence-corrected chi connectivity index (χ0v) is 18.4. The average molecular weight is 455 g/mol. The molecule has 1 atom stereocenters. The smallest absolute Gasteiger partial charge is 0.333 e. The first-order valence-corrected chi connectivity index (χ1v) is 9.89. The lowest BCUT2D eigenvalue weighted by Gasteiger charge is -2.17. The maximum atomic E-state index is 12.4. The highest BCUT2D eigenvalue weighted by Gasteiger charge is 2.36. The Labute approximate surface area is 174 Å². The lowest BCUT2D eigenvalue weighted by molar-refractivity contribution is -0.144. The second-order valence-electron chi connectivity index (χ2n) is 5.95. The zero-order valence-electron chi connectivity index (χ0n) is 16.8. The third-order valence-corrected chi connectivity index (χ3v) is 5.05. The quantitative estimate of drug-likeness (QED) is 0.438. The Morgan fingerprint density at radius 2 is 1.89 bits per heavy atom. The molecule has 0 amide bonds. The molecule has 154 valence electrons. The highest BCUT2D eigenvalue weighted by molar-refractivity contribution is 9.12. The Morgan fingerprint density at radius 3 is 2.46 bits per heavy atom. The highest BCUT2D eigenvalue weighted by Crippen LogP contribution is 2.47. The van der Waals surface area contributed by atoms with E-state index in [1.54, 1.807) is 34.3 Å². The number of benzene rings is 1. The van der Waals surface area contributed by atoms with Crippen molar-refractivity contribution in [2.45, 2.75) is 26.3 Å². The Hall–Kier alpha value is -2.35. The Kier molecular flexibility index (Phi) is 8.04. The minimum atomic E-state index is -0.637. The van der Waals surface area contributed by atoms with Gasteiger partial charge in [-0.2, -0.15) is 0 Å². The number of rotatable bonds is 9. The molecule has 0 aromatic heterocycles. The van der Waals surface area contributed by atoms with Gasteiger partial charge < -0.3 is 29.6 Å². The topological polar surface area (TPSA) is 78.1 Å². The summed E-state index contributed by atoms with van der Waals surface area (Å²) in [6.07, 6.45) is 2.83. The average Bonchev–Trinajstić information content (AvgIpc) is 3.03. The normalized spacial score (nSPS) is 17.4. The van der Waals surface area contributed by atoms with Crippen molar-refractivity contribution in [2.75, 3.05) is 34.5 Å². The molecule has 1 aromatic carbocycles. The van der Waals surface area contributed by atoms with Gasteiger partial charge in [0.05, 0.1) is 33.6 Å². The molecular formula is C20H27BrN2O5. The summed E-state index contributed by atoms with van der Waals surface area (Å²) in [6.45, 7) is 4.98. The minimum Gasteiger partial charge on any atom is -0.493 e. The molecule has 1 aromatic rings. The fourth-order valence-corrected chi connectivity index (χ4v) is 3.68. The molecular weight excluding hydrogens is 428 g/mol. The van der Waals surface area contributed by atoms with Gasteiger partial charge in [-0.15, -0.1) is 0 Å². The molecule has 8 heteroatoms. The van der Waals surface area contributed by atoms with Crippen molar-refractivity contribution in [3.8, 4) is 17.2 Å². The molecule has 1 aliphatic rings. The first-order chi connectivity index (χ1) is 13.5. The van der Waals surface area contributed by atoms with Crippen LogP contribution in [0.25, 0.3) is 5.57 Å². The van der Waals surface area contributed by atoms with Gasteiger partial charge in [-0.25, -0.2) is 4.79 Å². The highest BCUT2D eigenvalue weighted by atomic mass is 79.9. The Balaban J connectivity index is 2.62. The van der Waals surface area contributed by atoms with Gasteiger partial charge >= 0.3 is 5.97 Å². The number of esters is 1. The number of nitrogens with one attached hydrogen (secondary N) is 2. The summed E-state index contributed by atoms with van der Waals surface area (Å²) in [5.41, 5.74) is 2.30. The van der Waals surface area contributed by atoms with E-state index in [0.717, 1.165) is 29.8 Å². The molecule has 0 bridgehead atoms. The van der Waals surface area contributed by atoms with E-state index in [1.165, 1.54) is 0 Å². The third kappa shape index (κ3) is 4.38. The molecule has 0 fully saturated rings. The molecule has 0 saturated carbocycles. The lowest BCUT2D eigenvalue weighted by Crippen LogP contribution is -2.34. The van der Waals surface area contributed by atoms with Crippen LogP contribution in [0.5, 0.6) is 17.2 Å². The maximum Gasteiger partial charge on any atom is 0.333 e. The summed E-state index contributed by atoms with van der Waals surface area (Å²) < 4.78 is 22.4. The number of halogens is 1. The third-order valence-electron chi connectivity index (χ3n) is 4.20. The van der Waals surface area contributed by atoms with Crippen LogP contribution >= 0.6 is 15.9 Å². The number of hydrogen-bond acceptors (Lipinski definition) is 7. The lowest BCUT2D eigenvalue weighted by atomic mass is 10.0. The van der Waals surface area contributed by atoms with Crippen LogP contribution in [0.2, 0.25) is 0 Å². The molecule has 1 aliphatic heterocycles. The number of methoxy groups -OCH3 is 3. The van der Waals surface area contributed by atoms with Crippen molar-refractivity contribution >= 4 is 27.5 Å². The van der Waals surface area contributed by atoms with Crippen LogP contribution in [0.4, 0.5) is 0 Å². The SMILES string of the molecule is CCCNC=C1NC(C(=O)OCC)C(Br)=C1c1ccc(OC)c(OC)c1OC. The van der Waals surface area contributed by atoms with Crippen molar-refractivity contribution in [3.63, 3.8) is 0 Å². The summed E-state index contributed by atoms with van der Waals surface area (Å²) in [5.74, 6) is 1.20. The Bertz CT molecular complexity index is 776. The largest absolute Gasteiger partial charge is 0.493 e. The van der Waals surface area contributed by atoms with Crippen molar-refractivity contribution in [2.24, 2.45) is 0 Å². The number of carbonyl (C=O) groups excluding carboxylic acids is 1. The minimum absolute atomic E-state index is 0.305. The van der Waals surface area contributed by atoms with Crippen LogP contribution < -0.4 is 24.8 Å².